The molecule has 106 valence electrons. The van der Waals surface area contributed by atoms with Gasteiger partial charge in [0.15, 0.2) is 4.96 Å². The lowest BCUT2D eigenvalue weighted by Crippen LogP contribution is -2.21. The number of thiazole rings is 1. The molecular weight excluding hydrogens is 282 g/mol. The average molecular weight is 301 g/mol. The van der Waals surface area contributed by atoms with Gasteiger partial charge in [0.1, 0.15) is 5.69 Å². The van der Waals surface area contributed by atoms with Gasteiger partial charge in [-0.15, -0.1) is 11.3 Å². The summed E-state index contributed by atoms with van der Waals surface area (Å²) in [6.45, 7) is 3.54. The first-order valence-corrected chi connectivity index (χ1v) is 8.65. The molecule has 2 rings (SSSR count). The first kappa shape index (κ1) is 14.5. The normalized spacial score (nSPS) is 14.7. The fraction of sp³-hybridized carbons (Fsp3) is 0.583. The molecule has 0 spiro atoms. The van der Waals surface area contributed by atoms with Crippen LogP contribution < -0.4 is 10.1 Å². The number of rotatable bonds is 7. The van der Waals surface area contributed by atoms with E-state index in [1.54, 1.807) is 24.7 Å². The van der Waals surface area contributed by atoms with Gasteiger partial charge in [0.05, 0.1) is 7.11 Å². The fourth-order valence-corrected chi connectivity index (χ4v) is 2.99. The number of methoxy groups -OCH3 is 1. The second-order valence-electron chi connectivity index (χ2n) is 4.40. The predicted octanol–water partition coefficient (Wildman–Crippen LogP) is 1.65. The number of fused-ring (bicyclic) bond motifs is 1. The monoisotopic (exact) mass is 301 g/mol. The molecule has 0 aliphatic carbocycles. The van der Waals surface area contributed by atoms with Crippen LogP contribution in [0.5, 0.6) is 5.88 Å². The van der Waals surface area contributed by atoms with Gasteiger partial charge in [-0.05, 0) is 13.0 Å². The predicted molar refractivity (Wildman–Crippen MR) is 79.5 cm³/mol. The Morgan fingerprint density at radius 3 is 3.11 bits per heavy atom. The molecule has 0 aliphatic rings. The highest BCUT2D eigenvalue weighted by Crippen LogP contribution is 2.22. The van der Waals surface area contributed by atoms with Crippen molar-refractivity contribution in [3.63, 3.8) is 0 Å². The van der Waals surface area contributed by atoms with Gasteiger partial charge in [-0.2, -0.15) is 4.98 Å². The Kier molecular flexibility index (Phi) is 4.95. The van der Waals surface area contributed by atoms with E-state index in [9.17, 15) is 4.21 Å². The van der Waals surface area contributed by atoms with Crippen molar-refractivity contribution in [1.82, 2.24) is 14.7 Å². The third kappa shape index (κ3) is 3.34. The molecule has 2 unspecified atom stereocenters. The van der Waals surface area contributed by atoms with E-state index in [-0.39, 0.29) is 5.25 Å². The third-order valence-electron chi connectivity index (χ3n) is 3.10. The van der Waals surface area contributed by atoms with Crippen LogP contribution in [0.15, 0.2) is 11.6 Å². The molecule has 2 aromatic rings. The lowest BCUT2D eigenvalue weighted by molar-refractivity contribution is 0.393. The summed E-state index contributed by atoms with van der Waals surface area (Å²) in [7, 11) is 0.884. The maximum atomic E-state index is 11.3. The standard InChI is InChI=1S/C12H19N3O2S2/c1-9(19(3)16)4-5-13-8-10-11(17-2)14-12-15(10)6-7-18-12/h6-7,9,13H,4-5,8H2,1-3H3. The van der Waals surface area contributed by atoms with Gasteiger partial charge in [0.25, 0.3) is 0 Å². The van der Waals surface area contributed by atoms with Crippen molar-refractivity contribution in [2.24, 2.45) is 0 Å². The highest BCUT2D eigenvalue weighted by Gasteiger charge is 2.13. The minimum Gasteiger partial charge on any atom is -0.480 e. The summed E-state index contributed by atoms with van der Waals surface area (Å²) in [4.78, 5) is 5.35. The number of nitrogens with zero attached hydrogens (tertiary/aromatic N) is 2. The van der Waals surface area contributed by atoms with Crippen molar-refractivity contribution in [2.45, 2.75) is 25.1 Å². The smallest absolute Gasteiger partial charge is 0.237 e. The molecule has 2 heterocycles. The van der Waals surface area contributed by atoms with Crippen molar-refractivity contribution in [2.75, 3.05) is 19.9 Å². The molecule has 0 fully saturated rings. The first-order chi connectivity index (χ1) is 9.13. The van der Waals surface area contributed by atoms with Crippen molar-refractivity contribution < 1.29 is 8.95 Å². The molecule has 1 N–H and O–H groups in total. The van der Waals surface area contributed by atoms with E-state index in [0.29, 0.717) is 12.4 Å². The Morgan fingerprint density at radius 2 is 2.42 bits per heavy atom. The van der Waals surface area contributed by atoms with Gasteiger partial charge in [0, 0.05) is 40.4 Å². The summed E-state index contributed by atoms with van der Waals surface area (Å²) in [5, 5.41) is 5.59. The lowest BCUT2D eigenvalue weighted by Gasteiger charge is -2.09. The Bertz CT molecular complexity index is 564. The molecule has 0 radical (unpaired) electrons. The second kappa shape index (κ2) is 6.49. The quantitative estimate of drug-likeness (QED) is 0.790. The van der Waals surface area contributed by atoms with E-state index >= 15 is 0 Å². The molecule has 0 saturated heterocycles. The van der Waals surface area contributed by atoms with E-state index < -0.39 is 10.8 Å². The zero-order valence-electron chi connectivity index (χ0n) is 11.4. The van der Waals surface area contributed by atoms with Crippen LogP contribution in [0.4, 0.5) is 0 Å². The first-order valence-electron chi connectivity index (χ1n) is 6.15. The molecular formula is C12H19N3O2S2. The van der Waals surface area contributed by atoms with Gasteiger partial charge in [-0.3, -0.25) is 8.61 Å². The molecule has 7 heteroatoms. The van der Waals surface area contributed by atoms with Crippen molar-refractivity contribution >= 4 is 27.1 Å². The largest absolute Gasteiger partial charge is 0.480 e. The Morgan fingerprint density at radius 1 is 1.63 bits per heavy atom. The molecule has 5 nitrogen and oxygen atoms in total. The SMILES string of the molecule is COc1nc2sccn2c1CNCCC(C)S(C)=O. The van der Waals surface area contributed by atoms with Gasteiger partial charge in [0.2, 0.25) is 5.88 Å². The summed E-state index contributed by atoms with van der Waals surface area (Å²) < 4.78 is 18.6. The molecule has 2 aromatic heterocycles. The van der Waals surface area contributed by atoms with Gasteiger partial charge in [-0.1, -0.05) is 6.92 Å². The van der Waals surface area contributed by atoms with Gasteiger partial charge >= 0.3 is 0 Å². The Balaban J connectivity index is 1.93. The number of hydrogen-bond acceptors (Lipinski definition) is 5. The van der Waals surface area contributed by atoms with Crippen LogP contribution in [0.25, 0.3) is 4.96 Å². The van der Waals surface area contributed by atoms with Crippen molar-refractivity contribution in [3.05, 3.63) is 17.3 Å². The van der Waals surface area contributed by atoms with Crippen LogP contribution in [0, 0.1) is 0 Å². The summed E-state index contributed by atoms with van der Waals surface area (Å²) >= 11 is 1.59. The van der Waals surface area contributed by atoms with E-state index in [2.05, 4.69) is 10.3 Å². The summed E-state index contributed by atoms with van der Waals surface area (Å²) in [5.41, 5.74) is 1.03. The van der Waals surface area contributed by atoms with Gasteiger partial charge < -0.3 is 10.1 Å². The third-order valence-corrected chi connectivity index (χ3v) is 5.23. The van der Waals surface area contributed by atoms with Gasteiger partial charge in [-0.25, -0.2) is 0 Å². The van der Waals surface area contributed by atoms with E-state index in [0.717, 1.165) is 23.6 Å². The molecule has 0 amide bonds. The number of ether oxygens (including phenoxy) is 1. The van der Waals surface area contributed by atoms with Crippen LogP contribution in [-0.4, -0.2) is 38.8 Å². The Hall–Kier alpha value is -0.920. The van der Waals surface area contributed by atoms with E-state index in [4.69, 9.17) is 4.74 Å². The van der Waals surface area contributed by atoms with E-state index in [1.807, 2.05) is 22.9 Å². The molecule has 19 heavy (non-hydrogen) atoms. The molecule has 0 aromatic carbocycles. The average Bonchev–Trinajstić information content (AvgIpc) is 2.95. The lowest BCUT2D eigenvalue weighted by atomic mass is 10.3. The van der Waals surface area contributed by atoms with Crippen LogP contribution in [0.2, 0.25) is 0 Å². The highest BCUT2D eigenvalue weighted by molar-refractivity contribution is 7.84. The van der Waals surface area contributed by atoms with Crippen molar-refractivity contribution in [3.8, 4) is 5.88 Å². The highest BCUT2D eigenvalue weighted by atomic mass is 32.2. The zero-order valence-corrected chi connectivity index (χ0v) is 13.0. The van der Waals surface area contributed by atoms with Crippen LogP contribution in [0.3, 0.4) is 0 Å². The zero-order chi connectivity index (χ0) is 13.8. The maximum absolute atomic E-state index is 11.3. The molecule has 0 aliphatic heterocycles. The molecule has 2 atom stereocenters. The van der Waals surface area contributed by atoms with E-state index in [1.165, 1.54) is 0 Å². The maximum Gasteiger partial charge on any atom is 0.237 e. The van der Waals surface area contributed by atoms with Crippen LogP contribution in [-0.2, 0) is 17.3 Å². The second-order valence-corrected chi connectivity index (χ2v) is 7.07. The minimum absolute atomic E-state index is 0.223. The molecule has 0 saturated carbocycles. The number of nitrogens with one attached hydrogen (secondary N) is 1. The Labute approximate surface area is 119 Å². The van der Waals surface area contributed by atoms with Crippen LogP contribution >= 0.6 is 11.3 Å². The summed E-state index contributed by atoms with van der Waals surface area (Å²) in [6.07, 6.45) is 4.65. The van der Waals surface area contributed by atoms with Crippen molar-refractivity contribution in [1.29, 1.82) is 0 Å². The topological polar surface area (TPSA) is 55.6 Å². The summed E-state index contributed by atoms with van der Waals surface area (Å²) in [6, 6.07) is 0. The van der Waals surface area contributed by atoms with Crippen LogP contribution in [0.1, 0.15) is 19.0 Å². The number of aromatic nitrogens is 2. The fourth-order valence-electron chi connectivity index (χ4n) is 1.82. The minimum atomic E-state index is -0.753. The summed E-state index contributed by atoms with van der Waals surface area (Å²) in [5.74, 6) is 0.673. The molecule has 0 bridgehead atoms. The number of hydrogen-bond donors (Lipinski definition) is 1. The number of imidazole rings is 1.